The van der Waals surface area contributed by atoms with Crippen LogP contribution in [0.3, 0.4) is 0 Å². The molecule has 104 valence electrons. The fraction of sp³-hybridized carbons (Fsp3) is 0.0625. The third-order valence-corrected chi connectivity index (χ3v) is 3.96. The standard InChI is InChI=1S/C16H12N2O2S/c1-2-4-12(5-3-1)17-16-18-13(9-21-16)11-6-7-14-15(8-11)20-10-19-14/h1-9H,10H2,(H,17,18). The molecule has 4 rings (SSSR count). The number of nitrogens with one attached hydrogen (secondary N) is 1. The Morgan fingerprint density at radius 3 is 2.76 bits per heavy atom. The van der Waals surface area contributed by atoms with Gasteiger partial charge in [-0.25, -0.2) is 4.98 Å². The summed E-state index contributed by atoms with van der Waals surface area (Å²) in [4.78, 5) is 4.61. The van der Waals surface area contributed by atoms with Crippen LogP contribution in [0.2, 0.25) is 0 Å². The molecule has 1 aliphatic rings. The topological polar surface area (TPSA) is 43.4 Å². The van der Waals surface area contributed by atoms with Crippen molar-refractivity contribution < 1.29 is 9.47 Å². The van der Waals surface area contributed by atoms with Gasteiger partial charge < -0.3 is 14.8 Å². The van der Waals surface area contributed by atoms with Crippen LogP contribution in [0.4, 0.5) is 10.8 Å². The minimum absolute atomic E-state index is 0.288. The zero-order valence-corrected chi connectivity index (χ0v) is 11.9. The molecule has 5 heteroatoms. The Kier molecular flexibility index (Phi) is 2.97. The number of thiazole rings is 1. The number of aromatic nitrogens is 1. The number of benzene rings is 2. The fourth-order valence-corrected chi connectivity index (χ4v) is 2.90. The second-order valence-electron chi connectivity index (χ2n) is 4.60. The Labute approximate surface area is 126 Å². The highest BCUT2D eigenvalue weighted by atomic mass is 32.1. The minimum atomic E-state index is 0.288. The smallest absolute Gasteiger partial charge is 0.231 e. The average Bonchev–Trinajstić information content (AvgIpc) is 3.16. The van der Waals surface area contributed by atoms with Gasteiger partial charge in [-0.15, -0.1) is 11.3 Å². The summed E-state index contributed by atoms with van der Waals surface area (Å²) in [6.45, 7) is 0.288. The van der Waals surface area contributed by atoms with Crippen molar-refractivity contribution in [2.75, 3.05) is 12.1 Å². The molecule has 0 atom stereocenters. The molecule has 0 amide bonds. The van der Waals surface area contributed by atoms with E-state index in [1.54, 1.807) is 11.3 Å². The van der Waals surface area contributed by atoms with Crippen LogP contribution in [-0.2, 0) is 0 Å². The van der Waals surface area contributed by atoms with Gasteiger partial charge in [0.25, 0.3) is 0 Å². The molecule has 3 aromatic rings. The van der Waals surface area contributed by atoms with E-state index in [9.17, 15) is 0 Å². The summed E-state index contributed by atoms with van der Waals surface area (Å²) in [5, 5.41) is 6.20. The highest BCUT2D eigenvalue weighted by Gasteiger charge is 2.15. The van der Waals surface area contributed by atoms with E-state index in [4.69, 9.17) is 9.47 Å². The van der Waals surface area contributed by atoms with Crippen molar-refractivity contribution in [2.24, 2.45) is 0 Å². The van der Waals surface area contributed by atoms with Crippen LogP contribution < -0.4 is 14.8 Å². The molecule has 1 aromatic heterocycles. The van der Waals surface area contributed by atoms with E-state index in [-0.39, 0.29) is 6.79 Å². The Balaban J connectivity index is 1.59. The van der Waals surface area contributed by atoms with Crippen LogP contribution in [0.5, 0.6) is 11.5 Å². The summed E-state index contributed by atoms with van der Waals surface area (Å²) >= 11 is 1.58. The Hall–Kier alpha value is -2.53. The number of ether oxygens (including phenoxy) is 2. The lowest BCUT2D eigenvalue weighted by atomic mass is 10.1. The third kappa shape index (κ3) is 2.43. The predicted octanol–water partition coefficient (Wildman–Crippen LogP) is 4.28. The van der Waals surface area contributed by atoms with E-state index >= 15 is 0 Å². The molecule has 21 heavy (non-hydrogen) atoms. The highest BCUT2D eigenvalue weighted by Crippen LogP contribution is 2.36. The van der Waals surface area contributed by atoms with Gasteiger partial charge in [-0.3, -0.25) is 0 Å². The van der Waals surface area contributed by atoms with Crippen molar-refractivity contribution in [1.82, 2.24) is 4.98 Å². The van der Waals surface area contributed by atoms with Crippen LogP contribution in [-0.4, -0.2) is 11.8 Å². The highest BCUT2D eigenvalue weighted by molar-refractivity contribution is 7.14. The van der Waals surface area contributed by atoms with E-state index in [2.05, 4.69) is 10.3 Å². The second-order valence-corrected chi connectivity index (χ2v) is 5.46. The molecule has 2 heterocycles. The number of hydrogen-bond acceptors (Lipinski definition) is 5. The van der Waals surface area contributed by atoms with E-state index < -0.39 is 0 Å². The average molecular weight is 296 g/mol. The van der Waals surface area contributed by atoms with E-state index in [1.807, 2.05) is 53.9 Å². The summed E-state index contributed by atoms with van der Waals surface area (Å²) in [5.74, 6) is 1.56. The maximum atomic E-state index is 5.40. The SMILES string of the molecule is c1ccc(Nc2nc(-c3ccc4c(c3)OCO4)cs2)cc1. The van der Waals surface area contributed by atoms with Crippen LogP contribution in [0.1, 0.15) is 0 Å². The van der Waals surface area contributed by atoms with Gasteiger partial charge in [0.2, 0.25) is 6.79 Å². The van der Waals surface area contributed by atoms with Crippen LogP contribution >= 0.6 is 11.3 Å². The largest absolute Gasteiger partial charge is 0.454 e. The predicted molar refractivity (Wildman–Crippen MR) is 83.4 cm³/mol. The summed E-state index contributed by atoms with van der Waals surface area (Å²) in [7, 11) is 0. The minimum Gasteiger partial charge on any atom is -0.454 e. The lowest BCUT2D eigenvalue weighted by molar-refractivity contribution is 0.174. The number of fused-ring (bicyclic) bond motifs is 1. The van der Waals surface area contributed by atoms with Gasteiger partial charge in [0.1, 0.15) is 0 Å². The lowest BCUT2D eigenvalue weighted by Crippen LogP contribution is -1.92. The van der Waals surface area contributed by atoms with Gasteiger partial charge in [0, 0.05) is 16.6 Å². The Bertz CT molecular complexity index is 771. The van der Waals surface area contributed by atoms with Gasteiger partial charge in [-0.2, -0.15) is 0 Å². The molecular weight excluding hydrogens is 284 g/mol. The van der Waals surface area contributed by atoms with Gasteiger partial charge >= 0.3 is 0 Å². The molecular formula is C16H12N2O2S. The summed E-state index contributed by atoms with van der Waals surface area (Å²) in [6, 6.07) is 15.9. The first kappa shape index (κ1) is 12.2. The van der Waals surface area contributed by atoms with Crippen molar-refractivity contribution >= 4 is 22.2 Å². The summed E-state index contributed by atoms with van der Waals surface area (Å²) in [6.07, 6.45) is 0. The van der Waals surface area contributed by atoms with Crippen molar-refractivity contribution in [3.63, 3.8) is 0 Å². The molecule has 0 spiro atoms. The molecule has 1 aliphatic heterocycles. The molecule has 1 N–H and O–H groups in total. The summed E-state index contributed by atoms with van der Waals surface area (Å²) in [5.41, 5.74) is 2.98. The number of rotatable bonds is 3. The van der Waals surface area contributed by atoms with Crippen molar-refractivity contribution in [3.05, 3.63) is 53.9 Å². The van der Waals surface area contributed by atoms with Gasteiger partial charge in [-0.1, -0.05) is 18.2 Å². The molecule has 0 bridgehead atoms. The van der Waals surface area contributed by atoms with E-state index in [0.717, 1.165) is 33.6 Å². The van der Waals surface area contributed by atoms with Crippen molar-refractivity contribution in [3.8, 4) is 22.8 Å². The van der Waals surface area contributed by atoms with Crippen molar-refractivity contribution in [2.45, 2.75) is 0 Å². The normalized spacial score (nSPS) is 12.4. The number of anilines is 2. The molecule has 4 nitrogen and oxygen atoms in total. The van der Waals surface area contributed by atoms with Gasteiger partial charge in [0.15, 0.2) is 16.6 Å². The molecule has 0 fully saturated rings. The van der Waals surface area contributed by atoms with E-state index in [0.29, 0.717) is 0 Å². The number of hydrogen-bond donors (Lipinski definition) is 1. The fourth-order valence-electron chi connectivity index (χ4n) is 2.16. The quantitative estimate of drug-likeness (QED) is 0.783. The van der Waals surface area contributed by atoms with Gasteiger partial charge in [0.05, 0.1) is 5.69 Å². The first-order valence-electron chi connectivity index (χ1n) is 6.56. The monoisotopic (exact) mass is 296 g/mol. The first-order chi connectivity index (χ1) is 10.4. The maximum Gasteiger partial charge on any atom is 0.231 e. The molecule has 0 saturated heterocycles. The second kappa shape index (κ2) is 5.10. The number of para-hydroxylation sites is 1. The lowest BCUT2D eigenvalue weighted by Gasteiger charge is -2.01. The molecule has 0 radical (unpaired) electrons. The Morgan fingerprint density at radius 2 is 1.86 bits per heavy atom. The van der Waals surface area contributed by atoms with Crippen LogP contribution in [0.25, 0.3) is 11.3 Å². The molecule has 0 saturated carbocycles. The van der Waals surface area contributed by atoms with Crippen LogP contribution in [0.15, 0.2) is 53.9 Å². The zero-order chi connectivity index (χ0) is 14.1. The molecule has 2 aromatic carbocycles. The van der Waals surface area contributed by atoms with Gasteiger partial charge in [-0.05, 0) is 30.3 Å². The Morgan fingerprint density at radius 1 is 1.00 bits per heavy atom. The first-order valence-corrected chi connectivity index (χ1v) is 7.44. The van der Waals surface area contributed by atoms with E-state index in [1.165, 1.54) is 0 Å². The maximum absolute atomic E-state index is 5.40. The summed E-state index contributed by atoms with van der Waals surface area (Å²) < 4.78 is 10.7. The van der Waals surface area contributed by atoms with Crippen LogP contribution in [0, 0.1) is 0 Å². The molecule has 0 aliphatic carbocycles. The molecule has 0 unspecified atom stereocenters. The van der Waals surface area contributed by atoms with Crippen molar-refractivity contribution in [1.29, 1.82) is 0 Å². The zero-order valence-electron chi connectivity index (χ0n) is 11.1. The third-order valence-electron chi connectivity index (χ3n) is 3.20. The number of nitrogens with zero attached hydrogens (tertiary/aromatic N) is 1.